The van der Waals surface area contributed by atoms with Gasteiger partial charge in [-0.25, -0.2) is 9.18 Å². The molecule has 3 rings (SSSR count). The molecule has 2 N–H and O–H groups in total. The van der Waals surface area contributed by atoms with Crippen molar-refractivity contribution in [2.24, 2.45) is 0 Å². The predicted molar refractivity (Wildman–Crippen MR) is 107 cm³/mol. The van der Waals surface area contributed by atoms with Crippen molar-refractivity contribution in [3.05, 3.63) is 95.3 Å². The summed E-state index contributed by atoms with van der Waals surface area (Å²) in [6.07, 6.45) is 0. The van der Waals surface area contributed by atoms with Crippen LogP contribution in [0.3, 0.4) is 0 Å². The number of halogens is 1. The number of rotatable bonds is 5. The molecule has 0 aliphatic carbocycles. The fourth-order valence-corrected chi connectivity index (χ4v) is 2.55. The molecular weight excluding hydrogens is 375 g/mol. The lowest BCUT2D eigenvalue weighted by atomic mass is 10.1. The molecular formula is C22H17FN2O4. The zero-order chi connectivity index (χ0) is 20.8. The van der Waals surface area contributed by atoms with Crippen LogP contribution in [0.5, 0.6) is 0 Å². The van der Waals surface area contributed by atoms with Gasteiger partial charge in [-0.1, -0.05) is 6.07 Å². The average Bonchev–Trinajstić information content (AvgIpc) is 2.75. The Morgan fingerprint density at radius 1 is 0.724 bits per heavy atom. The Labute approximate surface area is 166 Å². The molecule has 0 atom stereocenters. The first-order valence-corrected chi connectivity index (χ1v) is 8.63. The quantitative estimate of drug-likeness (QED) is 0.640. The summed E-state index contributed by atoms with van der Waals surface area (Å²) in [6, 6.07) is 17.8. The minimum atomic E-state index is -0.502. The van der Waals surface area contributed by atoms with E-state index in [0.29, 0.717) is 28.1 Å². The number of anilines is 2. The van der Waals surface area contributed by atoms with Gasteiger partial charge in [-0.15, -0.1) is 0 Å². The van der Waals surface area contributed by atoms with Gasteiger partial charge < -0.3 is 15.4 Å². The van der Waals surface area contributed by atoms with E-state index in [1.54, 1.807) is 18.2 Å². The van der Waals surface area contributed by atoms with E-state index in [2.05, 4.69) is 15.4 Å². The fraction of sp³-hybridized carbons (Fsp3) is 0.0455. The smallest absolute Gasteiger partial charge is 0.337 e. The van der Waals surface area contributed by atoms with Crippen molar-refractivity contribution in [1.82, 2.24) is 0 Å². The van der Waals surface area contributed by atoms with Crippen molar-refractivity contribution in [3.63, 3.8) is 0 Å². The van der Waals surface area contributed by atoms with E-state index in [1.165, 1.54) is 61.7 Å². The Kier molecular flexibility index (Phi) is 5.99. The summed E-state index contributed by atoms with van der Waals surface area (Å²) in [5.74, 6) is -1.67. The summed E-state index contributed by atoms with van der Waals surface area (Å²) in [5.41, 5.74) is 1.91. The van der Waals surface area contributed by atoms with E-state index < -0.39 is 17.7 Å². The summed E-state index contributed by atoms with van der Waals surface area (Å²) in [4.78, 5) is 36.2. The fourth-order valence-electron chi connectivity index (χ4n) is 2.55. The predicted octanol–water partition coefficient (Wildman–Crippen LogP) is 4.12. The molecule has 0 radical (unpaired) electrons. The maximum atomic E-state index is 12.9. The number of nitrogens with one attached hydrogen (secondary N) is 2. The third kappa shape index (κ3) is 5.04. The standard InChI is InChI=1S/C22H17FN2O4/c1-29-22(28)16-3-2-4-19(13-16)25-21(27)15-7-5-14(6-8-15)20(26)24-18-11-9-17(23)10-12-18/h2-13H,1H3,(H,24,26)(H,25,27). The molecule has 2 amide bonds. The summed E-state index contributed by atoms with van der Waals surface area (Å²) < 4.78 is 17.6. The number of carbonyl (C=O) groups excluding carboxylic acids is 3. The first-order chi connectivity index (χ1) is 14.0. The molecule has 6 nitrogen and oxygen atoms in total. The van der Waals surface area contributed by atoms with E-state index >= 15 is 0 Å². The second kappa shape index (κ2) is 8.79. The van der Waals surface area contributed by atoms with E-state index in [1.807, 2.05) is 0 Å². The molecule has 0 heterocycles. The number of carbonyl (C=O) groups is 3. The van der Waals surface area contributed by atoms with Crippen LogP contribution in [0, 0.1) is 5.82 Å². The van der Waals surface area contributed by atoms with Gasteiger partial charge >= 0.3 is 5.97 Å². The average molecular weight is 392 g/mol. The monoisotopic (exact) mass is 392 g/mol. The summed E-state index contributed by atoms with van der Waals surface area (Å²) in [7, 11) is 1.28. The summed E-state index contributed by atoms with van der Waals surface area (Å²) in [5, 5.41) is 5.33. The van der Waals surface area contributed by atoms with Crippen LogP contribution in [0.4, 0.5) is 15.8 Å². The molecule has 0 aliphatic heterocycles. The van der Waals surface area contributed by atoms with E-state index in [-0.39, 0.29) is 5.91 Å². The minimum absolute atomic E-state index is 0.318. The third-order valence-corrected chi connectivity index (χ3v) is 4.05. The molecule has 3 aromatic rings. The molecule has 146 valence electrons. The molecule has 0 unspecified atom stereocenters. The molecule has 0 saturated carbocycles. The Morgan fingerprint density at radius 2 is 1.28 bits per heavy atom. The maximum Gasteiger partial charge on any atom is 0.337 e. The zero-order valence-electron chi connectivity index (χ0n) is 15.4. The molecule has 29 heavy (non-hydrogen) atoms. The second-order valence-corrected chi connectivity index (χ2v) is 6.06. The van der Waals surface area contributed by atoms with Crippen molar-refractivity contribution in [2.45, 2.75) is 0 Å². The number of hydrogen-bond donors (Lipinski definition) is 2. The van der Waals surface area contributed by atoms with Crippen LogP contribution in [-0.4, -0.2) is 24.9 Å². The molecule has 0 saturated heterocycles. The van der Waals surface area contributed by atoms with Crippen LogP contribution in [0.15, 0.2) is 72.8 Å². The third-order valence-electron chi connectivity index (χ3n) is 4.05. The van der Waals surface area contributed by atoms with Gasteiger partial charge in [0.1, 0.15) is 5.82 Å². The molecule has 0 bridgehead atoms. The van der Waals surface area contributed by atoms with Gasteiger partial charge in [-0.05, 0) is 66.7 Å². The maximum absolute atomic E-state index is 12.9. The molecule has 0 spiro atoms. The van der Waals surface area contributed by atoms with Crippen molar-refractivity contribution in [1.29, 1.82) is 0 Å². The lowest BCUT2D eigenvalue weighted by Crippen LogP contribution is -2.14. The highest BCUT2D eigenvalue weighted by atomic mass is 19.1. The molecule has 7 heteroatoms. The number of methoxy groups -OCH3 is 1. The molecule has 0 aliphatic rings. The number of benzene rings is 3. The molecule has 0 aromatic heterocycles. The van der Waals surface area contributed by atoms with E-state index in [4.69, 9.17) is 0 Å². The zero-order valence-corrected chi connectivity index (χ0v) is 15.4. The van der Waals surface area contributed by atoms with Crippen LogP contribution >= 0.6 is 0 Å². The van der Waals surface area contributed by atoms with Gasteiger partial charge in [-0.2, -0.15) is 0 Å². The number of hydrogen-bond acceptors (Lipinski definition) is 4. The van der Waals surface area contributed by atoms with Crippen LogP contribution < -0.4 is 10.6 Å². The SMILES string of the molecule is COC(=O)c1cccc(NC(=O)c2ccc(C(=O)Nc3ccc(F)cc3)cc2)c1. The van der Waals surface area contributed by atoms with Crippen LogP contribution in [0.2, 0.25) is 0 Å². The van der Waals surface area contributed by atoms with Crippen molar-refractivity contribution in [2.75, 3.05) is 17.7 Å². The first kappa shape index (κ1) is 19.8. The Hall–Kier alpha value is -4.00. The molecule has 0 fully saturated rings. The number of ether oxygens (including phenoxy) is 1. The van der Waals surface area contributed by atoms with Gasteiger partial charge in [0.25, 0.3) is 11.8 Å². The largest absolute Gasteiger partial charge is 0.465 e. The normalized spacial score (nSPS) is 10.1. The van der Waals surface area contributed by atoms with Gasteiger partial charge in [0.15, 0.2) is 0 Å². The van der Waals surface area contributed by atoms with Crippen LogP contribution in [0.1, 0.15) is 31.1 Å². The summed E-state index contributed by atoms with van der Waals surface area (Å²) in [6.45, 7) is 0. The first-order valence-electron chi connectivity index (χ1n) is 8.63. The highest BCUT2D eigenvalue weighted by Gasteiger charge is 2.11. The Morgan fingerprint density at radius 3 is 1.83 bits per heavy atom. The lowest BCUT2D eigenvalue weighted by Gasteiger charge is -2.08. The van der Waals surface area contributed by atoms with Crippen LogP contribution in [-0.2, 0) is 4.74 Å². The van der Waals surface area contributed by atoms with Crippen molar-refractivity contribution in [3.8, 4) is 0 Å². The minimum Gasteiger partial charge on any atom is -0.465 e. The highest BCUT2D eigenvalue weighted by Crippen LogP contribution is 2.15. The molecule has 3 aromatic carbocycles. The Bertz CT molecular complexity index is 1050. The van der Waals surface area contributed by atoms with Crippen LogP contribution in [0.25, 0.3) is 0 Å². The van der Waals surface area contributed by atoms with E-state index in [9.17, 15) is 18.8 Å². The van der Waals surface area contributed by atoms with Gasteiger partial charge in [-0.3, -0.25) is 9.59 Å². The lowest BCUT2D eigenvalue weighted by molar-refractivity contribution is 0.0600. The Balaban J connectivity index is 1.66. The number of esters is 1. The van der Waals surface area contributed by atoms with Crippen molar-refractivity contribution >= 4 is 29.2 Å². The van der Waals surface area contributed by atoms with Crippen molar-refractivity contribution < 1.29 is 23.5 Å². The van der Waals surface area contributed by atoms with E-state index in [0.717, 1.165) is 0 Å². The van der Waals surface area contributed by atoms with Gasteiger partial charge in [0.2, 0.25) is 0 Å². The highest BCUT2D eigenvalue weighted by molar-refractivity contribution is 6.07. The summed E-state index contributed by atoms with van der Waals surface area (Å²) >= 11 is 0. The number of amides is 2. The van der Waals surface area contributed by atoms with Gasteiger partial charge in [0, 0.05) is 22.5 Å². The topological polar surface area (TPSA) is 84.5 Å². The second-order valence-electron chi connectivity index (χ2n) is 6.06. The van der Waals surface area contributed by atoms with Gasteiger partial charge in [0.05, 0.1) is 12.7 Å².